The number of hydrogen-bond acceptors (Lipinski definition) is 2. The average molecular weight is 301 g/mol. The molecule has 84 valence electrons. The number of aromatic nitrogens is 2. The van der Waals surface area contributed by atoms with Crippen LogP contribution in [0.4, 0.5) is 0 Å². The molecule has 0 saturated carbocycles. The van der Waals surface area contributed by atoms with Gasteiger partial charge in [0.2, 0.25) is 0 Å². The molecule has 2 N–H and O–H groups in total. The molecule has 1 atom stereocenters. The Morgan fingerprint density at radius 3 is 2.94 bits per heavy atom. The zero-order chi connectivity index (χ0) is 11.7. The van der Waals surface area contributed by atoms with Crippen molar-refractivity contribution < 1.29 is 0 Å². The highest BCUT2D eigenvalue weighted by atomic mass is 79.9. The number of nitrogens with zero attached hydrogens (tertiary/aromatic N) is 2. The zero-order valence-corrected chi connectivity index (χ0v) is 11.0. The van der Waals surface area contributed by atoms with E-state index in [4.69, 9.17) is 17.3 Å². The van der Waals surface area contributed by atoms with E-state index >= 15 is 0 Å². The predicted molar refractivity (Wildman–Crippen MR) is 68.9 cm³/mol. The van der Waals surface area contributed by atoms with Crippen molar-refractivity contribution in [1.82, 2.24) is 9.55 Å². The maximum atomic E-state index is 5.98. The van der Waals surface area contributed by atoms with Gasteiger partial charge >= 0.3 is 0 Å². The van der Waals surface area contributed by atoms with Crippen molar-refractivity contribution in [3.8, 4) is 5.69 Å². The molecule has 16 heavy (non-hydrogen) atoms. The van der Waals surface area contributed by atoms with Gasteiger partial charge in [-0.05, 0) is 41.1 Å². The number of halogens is 2. The van der Waals surface area contributed by atoms with Crippen LogP contribution in [-0.2, 0) is 0 Å². The molecule has 2 rings (SSSR count). The average Bonchev–Trinajstić information content (AvgIpc) is 2.70. The fourth-order valence-electron chi connectivity index (χ4n) is 1.51. The molecule has 5 heteroatoms. The van der Waals surface area contributed by atoms with Crippen molar-refractivity contribution in [2.45, 2.75) is 13.0 Å². The van der Waals surface area contributed by atoms with Gasteiger partial charge < -0.3 is 10.3 Å². The largest absolute Gasteiger partial charge is 0.323 e. The molecule has 0 aliphatic carbocycles. The zero-order valence-electron chi connectivity index (χ0n) is 8.69. The third-order valence-corrected chi connectivity index (χ3v) is 3.21. The van der Waals surface area contributed by atoms with Gasteiger partial charge in [0.15, 0.2) is 0 Å². The Hall–Kier alpha value is -0.840. The second-order valence-corrected chi connectivity index (χ2v) is 4.86. The highest BCUT2D eigenvalue weighted by Gasteiger charge is 2.11. The summed E-state index contributed by atoms with van der Waals surface area (Å²) >= 11 is 9.47. The lowest BCUT2D eigenvalue weighted by Gasteiger charge is -2.12. The number of benzene rings is 1. The Labute approximate surface area is 107 Å². The van der Waals surface area contributed by atoms with E-state index in [-0.39, 0.29) is 6.04 Å². The molecule has 2 aromatic rings. The maximum Gasteiger partial charge on any atom is 0.0995 e. The standard InChI is InChI=1S/C11H11BrClN3/c1-7(14)11-5-15-6-16(11)10-4-8(13)2-3-9(10)12/h2-7H,14H2,1H3/t7-/m0/s1. The Morgan fingerprint density at radius 1 is 1.50 bits per heavy atom. The molecule has 0 aliphatic heterocycles. The van der Waals surface area contributed by atoms with Crippen LogP contribution in [0.1, 0.15) is 18.7 Å². The van der Waals surface area contributed by atoms with Crippen LogP contribution in [-0.4, -0.2) is 9.55 Å². The third-order valence-electron chi connectivity index (χ3n) is 2.30. The molecule has 0 radical (unpaired) electrons. The Morgan fingerprint density at radius 2 is 2.25 bits per heavy atom. The highest BCUT2D eigenvalue weighted by Crippen LogP contribution is 2.26. The highest BCUT2D eigenvalue weighted by molar-refractivity contribution is 9.10. The molecule has 0 bridgehead atoms. The van der Waals surface area contributed by atoms with Crippen LogP contribution in [0, 0.1) is 0 Å². The van der Waals surface area contributed by atoms with E-state index in [2.05, 4.69) is 20.9 Å². The molecule has 1 aromatic heterocycles. The molecule has 3 nitrogen and oxygen atoms in total. The molecule has 0 aliphatic rings. The summed E-state index contributed by atoms with van der Waals surface area (Å²) in [6.45, 7) is 1.92. The van der Waals surface area contributed by atoms with Crippen LogP contribution < -0.4 is 5.73 Å². The Bertz CT molecular complexity index is 508. The van der Waals surface area contributed by atoms with Gasteiger partial charge in [-0.15, -0.1) is 0 Å². The van der Waals surface area contributed by atoms with Crippen LogP contribution in [0.5, 0.6) is 0 Å². The van der Waals surface area contributed by atoms with Gasteiger partial charge in [0.05, 0.1) is 23.9 Å². The van der Waals surface area contributed by atoms with Crippen molar-refractivity contribution in [3.63, 3.8) is 0 Å². The first-order valence-corrected chi connectivity index (χ1v) is 6.00. The predicted octanol–water partition coefficient (Wildman–Crippen LogP) is 3.31. The smallest absolute Gasteiger partial charge is 0.0995 e. The molecule has 1 aromatic carbocycles. The minimum atomic E-state index is -0.0756. The first-order chi connectivity index (χ1) is 7.59. The first-order valence-electron chi connectivity index (χ1n) is 4.83. The van der Waals surface area contributed by atoms with Gasteiger partial charge in [0.25, 0.3) is 0 Å². The summed E-state index contributed by atoms with van der Waals surface area (Å²) < 4.78 is 2.89. The third kappa shape index (κ3) is 2.14. The molecule has 0 unspecified atom stereocenters. The van der Waals surface area contributed by atoms with Crippen LogP contribution in [0.2, 0.25) is 5.02 Å². The van der Waals surface area contributed by atoms with Gasteiger partial charge in [0, 0.05) is 15.5 Å². The lowest BCUT2D eigenvalue weighted by atomic mass is 10.2. The SMILES string of the molecule is C[C@H](N)c1cncn1-c1cc(Cl)ccc1Br. The first kappa shape index (κ1) is 11.6. The maximum absolute atomic E-state index is 5.98. The van der Waals surface area contributed by atoms with Crippen molar-refractivity contribution in [1.29, 1.82) is 0 Å². The summed E-state index contributed by atoms with van der Waals surface area (Å²) in [4.78, 5) is 4.11. The quantitative estimate of drug-likeness (QED) is 0.924. The second-order valence-electron chi connectivity index (χ2n) is 3.57. The van der Waals surface area contributed by atoms with Crippen molar-refractivity contribution >= 4 is 27.5 Å². The Balaban J connectivity index is 2.58. The molecular weight excluding hydrogens is 289 g/mol. The molecule has 0 fully saturated rings. The van der Waals surface area contributed by atoms with E-state index < -0.39 is 0 Å². The van der Waals surface area contributed by atoms with Crippen LogP contribution in [0.3, 0.4) is 0 Å². The monoisotopic (exact) mass is 299 g/mol. The van der Waals surface area contributed by atoms with E-state index in [9.17, 15) is 0 Å². The number of rotatable bonds is 2. The summed E-state index contributed by atoms with van der Waals surface area (Å²) in [6, 6.07) is 5.53. The van der Waals surface area contributed by atoms with Gasteiger partial charge in [-0.25, -0.2) is 4.98 Å². The van der Waals surface area contributed by atoms with Gasteiger partial charge in [-0.1, -0.05) is 11.6 Å². The topological polar surface area (TPSA) is 43.8 Å². The normalized spacial score (nSPS) is 12.8. The van der Waals surface area contributed by atoms with Crippen LogP contribution >= 0.6 is 27.5 Å². The van der Waals surface area contributed by atoms with Crippen molar-refractivity contribution in [2.75, 3.05) is 0 Å². The van der Waals surface area contributed by atoms with Crippen LogP contribution in [0.15, 0.2) is 35.2 Å². The summed E-state index contributed by atoms with van der Waals surface area (Å²) in [5.41, 5.74) is 7.76. The van der Waals surface area contributed by atoms with E-state index in [0.29, 0.717) is 5.02 Å². The molecule has 0 saturated heterocycles. The summed E-state index contributed by atoms with van der Waals surface area (Å²) in [7, 11) is 0. The molecular formula is C11H11BrClN3. The van der Waals surface area contributed by atoms with E-state index in [1.165, 1.54) is 0 Å². The lowest BCUT2D eigenvalue weighted by Crippen LogP contribution is -2.10. The van der Waals surface area contributed by atoms with Crippen molar-refractivity contribution in [2.24, 2.45) is 5.73 Å². The van der Waals surface area contributed by atoms with E-state index in [0.717, 1.165) is 15.9 Å². The van der Waals surface area contributed by atoms with E-state index in [1.807, 2.05) is 29.7 Å². The second kappa shape index (κ2) is 4.57. The fourth-order valence-corrected chi connectivity index (χ4v) is 2.12. The Kier molecular flexibility index (Phi) is 3.33. The van der Waals surface area contributed by atoms with Crippen molar-refractivity contribution in [3.05, 3.63) is 45.9 Å². The number of imidazole rings is 1. The summed E-state index contributed by atoms with van der Waals surface area (Å²) in [5, 5.41) is 0.683. The summed E-state index contributed by atoms with van der Waals surface area (Å²) in [6.07, 6.45) is 3.49. The van der Waals surface area contributed by atoms with E-state index in [1.54, 1.807) is 12.5 Å². The number of nitrogens with two attached hydrogens (primary N) is 1. The van der Waals surface area contributed by atoms with Gasteiger partial charge in [-0.2, -0.15) is 0 Å². The fraction of sp³-hybridized carbons (Fsp3) is 0.182. The molecule has 0 amide bonds. The number of hydrogen-bond donors (Lipinski definition) is 1. The van der Waals surface area contributed by atoms with Gasteiger partial charge in [0.1, 0.15) is 0 Å². The van der Waals surface area contributed by atoms with Gasteiger partial charge in [-0.3, -0.25) is 0 Å². The molecule has 0 spiro atoms. The summed E-state index contributed by atoms with van der Waals surface area (Å²) in [5.74, 6) is 0. The minimum absolute atomic E-state index is 0.0756. The minimum Gasteiger partial charge on any atom is -0.323 e. The lowest BCUT2D eigenvalue weighted by molar-refractivity contribution is 0.751. The van der Waals surface area contributed by atoms with Crippen LogP contribution in [0.25, 0.3) is 5.69 Å². The molecule has 1 heterocycles.